The number of ether oxygens (including phenoxy) is 1. The molecule has 1 heterocycles. The van der Waals surface area contributed by atoms with E-state index in [-0.39, 0.29) is 6.61 Å². The molecular weight excluding hydrogens is 201 g/mol. The van der Waals surface area contributed by atoms with Crippen LogP contribution in [-0.4, -0.2) is 32.6 Å². The molecule has 0 bridgehead atoms. The Bertz CT molecular complexity index is 357. The molecule has 3 nitrogen and oxygen atoms in total. The summed E-state index contributed by atoms with van der Waals surface area (Å²) in [5.74, 6) is 0.944. The number of rotatable bonds is 4. The third-order valence-electron chi connectivity index (χ3n) is 2.95. The minimum atomic E-state index is 0.0922. The van der Waals surface area contributed by atoms with Crippen LogP contribution in [0, 0.1) is 0 Å². The van der Waals surface area contributed by atoms with Gasteiger partial charge in [-0.25, -0.2) is 0 Å². The predicted octanol–water partition coefficient (Wildman–Crippen LogP) is 0.819. The van der Waals surface area contributed by atoms with Gasteiger partial charge in [0.2, 0.25) is 0 Å². The summed E-state index contributed by atoms with van der Waals surface area (Å²) in [5.41, 5.74) is 2.08. The number of anilines is 1. The van der Waals surface area contributed by atoms with E-state index in [1.54, 1.807) is 0 Å². The quantitative estimate of drug-likeness (QED) is 0.761. The van der Waals surface area contributed by atoms with E-state index < -0.39 is 0 Å². The maximum atomic E-state index is 9.14. The van der Waals surface area contributed by atoms with Gasteiger partial charge in [0.15, 0.2) is 0 Å². The molecule has 1 aliphatic heterocycles. The third kappa shape index (κ3) is 2.32. The van der Waals surface area contributed by atoms with Gasteiger partial charge in [-0.2, -0.15) is 0 Å². The Kier molecular flexibility index (Phi) is 3.72. The highest BCUT2D eigenvalue weighted by Crippen LogP contribution is 2.32. The first-order valence-corrected chi connectivity index (χ1v) is 5.96. The standard InChI is InChI=1S/C12H18BNO2/c13-4-1-5-14-6-7-16-12-3-2-10(9-15)8-11(12)14/h2-3,8,15H,1,4-7,9,13H2. The van der Waals surface area contributed by atoms with E-state index in [4.69, 9.17) is 9.84 Å². The van der Waals surface area contributed by atoms with Gasteiger partial charge in [-0.3, -0.25) is 0 Å². The zero-order valence-corrected chi connectivity index (χ0v) is 9.78. The van der Waals surface area contributed by atoms with Gasteiger partial charge < -0.3 is 14.7 Å². The molecule has 1 N–H and O–H groups in total. The fourth-order valence-corrected chi connectivity index (χ4v) is 2.00. The van der Waals surface area contributed by atoms with Crippen LogP contribution in [-0.2, 0) is 6.61 Å². The average Bonchev–Trinajstić information content (AvgIpc) is 2.35. The van der Waals surface area contributed by atoms with Crippen molar-refractivity contribution in [1.82, 2.24) is 0 Å². The number of fused-ring (bicyclic) bond motifs is 1. The first kappa shape index (κ1) is 11.3. The summed E-state index contributed by atoms with van der Waals surface area (Å²) in [5, 5.41) is 9.14. The Balaban J connectivity index is 2.21. The van der Waals surface area contributed by atoms with Crippen molar-refractivity contribution in [2.45, 2.75) is 19.3 Å². The van der Waals surface area contributed by atoms with Gasteiger partial charge in [-0.05, 0) is 24.1 Å². The largest absolute Gasteiger partial charge is 0.490 e. The Morgan fingerprint density at radius 3 is 3.06 bits per heavy atom. The van der Waals surface area contributed by atoms with E-state index in [0.717, 1.165) is 36.7 Å². The van der Waals surface area contributed by atoms with Crippen molar-refractivity contribution in [2.24, 2.45) is 0 Å². The first-order valence-electron chi connectivity index (χ1n) is 5.96. The average molecular weight is 219 g/mol. The lowest BCUT2D eigenvalue weighted by Crippen LogP contribution is -2.33. The van der Waals surface area contributed by atoms with Crippen LogP contribution in [0.5, 0.6) is 5.75 Å². The molecule has 0 amide bonds. The Morgan fingerprint density at radius 2 is 2.31 bits per heavy atom. The second-order valence-electron chi connectivity index (χ2n) is 4.15. The minimum Gasteiger partial charge on any atom is -0.490 e. The summed E-state index contributed by atoms with van der Waals surface area (Å²) in [7, 11) is 2.20. The number of aliphatic hydroxyl groups is 1. The number of hydrogen-bond acceptors (Lipinski definition) is 3. The summed E-state index contributed by atoms with van der Waals surface area (Å²) >= 11 is 0. The summed E-state index contributed by atoms with van der Waals surface area (Å²) in [6, 6.07) is 5.91. The maximum Gasteiger partial charge on any atom is 0.142 e. The third-order valence-corrected chi connectivity index (χ3v) is 2.95. The predicted molar refractivity (Wildman–Crippen MR) is 68.0 cm³/mol. The lowest BCUT2D eigenvalue weighted by molar-refractivity contribution is 0.280. The Hall–Kier alpha value is -1.16. The number of nitrogens with zero attached hydrogens (tertiary/aromatic N) is 1. The molecule has 86 valence electrons. The van der Waals surface area contributed by atoms with Crippen molar-refractivity contribution >= 4 is 13.5 Å². The van der Waals surface area contributed by atoms with Crippen LogP contribution in [0.15, 0.2) is 18.2 Å². The molecule has 0 saturated carbocycles. The zero-order valence-electron chi connectivity index (χ0n) is 9.78. The second kappa shape index (κ2) is 5.26. The monoisotopic (exact) mass is 219 g/mol. The molecule has 0 aliphatic carbocycles. The topological polar surface area (TPSA) is 32.7 Å². The van der Waals surface area contributed by atoms with Gasteiger partial charge in [-0.1, -0.05) is 12.4 Å². The molecule has 0 fully saturated rings. The number of benzene rings is 1. The van der Waals surface area contributed by atoms with Crippen LogP contribution in [0.2, 0.25) is 6.32 Å². The van der Waals surface area contributed by atoms with Gasteiger partial charge in [-0.15, -0.1) is 0 Å². The van der Waals surface area contributed by atoms with Crippen molar-refractivity contribution in [3.05, 3.63) is 23.8 Å². The first-order chi connectivity index (χ1) is 7.85. The number of aliphatic hydroxyl groups excluding tert-OH is 1. The highest BCUT2D eigenvalue weighted by atomic mass is 16.5. The van der Waals surface area contributed by atoms with Crippen molar-refractivity contribution in [1.29, 1.82) is 0 Å². The molecule has 0 spiro atoms. The highest BCUT2D eigenvalue weighted by Gasteiger charge is 2.17. The molecule has 0 unspecified atom stereocenters. The van der Waals surface area contributed by atoms with Gasteiger partial charge in [0.25, 0.3) is 0 Å². The van der Waals surface area contributed by atoms with E-state index in [0.29, 0.717) is 0 Å². The lowest BCUT2D eigenvalue weighted by atomic mass is 10.0. The molecule has 1 aliphatic rings. The summed E-state index contributed by atoms with van der Waals surface area (Å²) in [6.07, 6.45) is 2.40. The van der Waals surface area contributed by atoms with Crippen molar-refractivity contribution in [2.75, 3.05) is 24.6 Å². The minimum absolute atomic E-state index is 0.0922. The number of hydrogen-bond donors (Lipinski definition) is 1. The van der Waals surface area contributed by atoms with Crippen LogP contribution in [0.25, 0.3) is 0 Å². The molecule has 0 saturated heterocycles. The second-order valence-corrected chi connectivity index (χ2v) is 4.15. The molecular formula is C12H18BNO2. The highest BCUT2D eigenvalue weighted by molar-refractivity contribution is 6.08. The van der Waals surface area contributed by atoms with E-state index in [9.17, 15) is 0 Å². The molecule has 2 rings (SSSR count). The maximum absolute atomic E-state index is 9.14. The molecule has 16 heavy (non-hydrogen) atoms. The van der Waals surface area contributed by atoms with Crippen LogP contribution in [0.4, 0.5) is 5.69 Å². The molecule has 4 heteroatoms. The van der Waals surface area contributed by atoms with E-state index >= 15 is 0 Å². The summed E-state index contributed by atoms with van der Waals surface area (Å²) in [4.78, 5) is 2.35. The molecule has 1 aromatic rings. The van der Waals surface area contributed by atoms with Crippen molar-refractivity contribution in [3.8, 4) is 5.75 Å². The van der Waals surface area contributed by atoms with Crippen LogP contribution < -0.4 is 9.64 Å². The normalized spacial score (nSPS) is 14.4. The summed E-state index contributed by atoms with van der Waals surface area (Å²) < 4.78 is 5.61. The summed E-state index contributed by atoms with van der Waals surface area (Å²) in [6.45, 7) is 2.87. The van der Waals surface area contributed by atoms with Gasteiger partial charge in [0.1, 0.15) is 20.2 Å². The molecule has 0 atom stereocenters. The van der Waals surface area contributed by atoms with Crippen LogP contribution in [0.1, 0.15) is 12.0 Å². The van der Waals surface area contributed by atoms with Crippen LogP contribution >= 0.6 is 0 Å². The lowest BCUT2D eigenvalue weighted by Gasteiger charge is -2.31. The van der Waals surface area contributed by atoms with E-state index in [1.807, 2.05) is 18.2 Å². The van der Waals surface area contributed by atoms with Gasteiger partial charge >= 0.3 is 0 Å². The fourth-order valence-electron chi connectivity index (χ4n) is 2.00. The van der Waals surface area contributed by atoms with Gasteiger partial charge in [0.05, 0.1) is 18.8 Å². The van der Waals surface area contributed by atoms with Crippen molar-refractivity contribution < 1.29 is 9.84 Å². The van der Waals surface area contributed by atoms with Crippen LogP contribution in [0.3, 0.4) is 0 Å². The molecule has 0 aromatic heterocycles. The smallest absolute Gasteiger partial charge is 0.142 e. The van der Waals surface area contributed by atoms with Gasteiger partial charge in [0, 0.05) is 6.54 Å². The Labute approximate surface area is 97.4 Å². The fraction of sp³-hybridized carbons (Fsp3) is 0.500. The van der Waals surface area contributed by atoms with E-state index in [2.05, 4.69) is 12.7 Å². The molecule has 1 aromatic carbocycles. The molecule has 0 radical (unpaired) electrons. The SMILES string of the molecule is BCCCN1CCOc2ccc(CO)cc21. The zero-order chi connectivity index (χ0) is 11.4. The van der Waals surface area contributed by atoms with Crippen molar-refractivity contribution in [3.63, 3.8) is 0 Å². The van der Waals surface area contributed by atoms with E-state index in [1.165, 1.54) is 12.7 Å². The Morgan fingerprint density at radius 1 is 1.44 bits per heavy atom.